The van der Waals surface area contributed by atoms with Crippen molar-refractivity contribution in [3.8, 4) is 0 Å². The highest BCUT2D eigenvalue weighted by Gasteiger charge is 2.14. The van der Waals surface area contributed by atoms with Gasteiger partial charge in [0.05, 0.1) is 0 Å². The molecule has 0 saturated carbocycles. The van der Waals surface area contributed by atoms with Gasteiger partial charge in [0.15, 0.2) is 0 Å². The highest BCUT2D eigenvalue weighted by atomic mass is 14.2. The molecule has 21 heavy (non-hydrogen) atoms. The van der Waals surface area contributed by atoms with Crippen LogP contribution in [-0.2, 0) is 0 Å². The fourth-order valence-corrected chi connectivity index (χ4v) is 3.28. The molecule has 2 atom stereocenters. The quantitative estimate of drug-likeness (QED) is 0.253. The van der Waals surface area contributed by atoms with Crippen LogP contribution < -0.4 is 0 Å². The summed E-state index contributed by atoms with van der Waals surface area (Å²) in [5.41, 5.74) is 0. The molecule has 0 N–H and O–H groups in total. The van der Waals surface area contributed by atoms with Crippen LogP contribution in [0.3, 0.4) is 0 Å². The van der Waals surface area contributed by atoms with Crippen molar-refractivity contribution in [2.24, 2.45) is 11.8 Å². The number of unbranched alkanes of at least 4 members (excludes halogenated alkanes) is 8. The molecule has 0 aliphatic carbocycles. The average Bonchev–Trinajstić information content (AvgIpc) is 2.51. The molecule has 0 nitrogen and oxygen atoms in total. The van der Waals surface area contributed by atoms with Crippen molar-refractivity contribution in [1.82, 2.24) is 0 Å². The number of rotatable bonds is 16. The normalized spacial score (nSPS) is 14.3. The standard InChI is InChI=1S/C21H43/c1-5-9-11-13-14-16-18-21(8-4)19-20(7-3)17-15-12-10-6-2/h19-21H,5-18H2,1-4H3. The topological polar surface area (TPSA) is 0 Å². The van der Waals surface area contributed by atoms with E-state index in [2.05, 4.69) is 34.1 Å². The second-order valence-corrected chi connectivity index (χ2v) is 6.93. The zero-order valence-electron chi connectivity index (χ0n) is 15.6. The first-order valence-corrected chi connectivity index (χ1v) is 10.1. The van der Waals surface area contributed by atoms with Gasteiger partial charge in [-0.2, -0.15) is 0 Å². The molecule has 0 aliphatic rings. The summed E-state index contributed by atoms with van der Waals surface area (Å²) in [6.07, 6.45) is 22.6. The zero-order chi connectivity index (χ0) is 15.8. The fraction of sp³-hybridized carbons (Fsp3) is 0.952. The Morgan fingerprint density at radius 2 is 0.905 bits per heavy atom. The number of hydrogen-bond acceptors (Lipinski definition) is 0. The predicted octanol–water partition coefficient (Wildman–Crippen LogP) is 7.96. The van der Waals surface area contributed by atoms with E-state index in [0.717, 1.165) is 11.8 Å². The molecule has 0 aliphatic heterocycles. The van der Waals surface area contributed by atoms with Crippen molar-refractivity contribution in [2.45, 2.75) is 118 Å². The van der Waals surface area contributed by atoms with Gasteiger partial charge in [-0.3, -0.25) is 0 Å². The minimum Gasteiger partial charge on any atom is -0.0654 e. The lowest BCUT2D eigenvalue weighted by molar-refractivity contribution is 0.399. The van der Waals surface area contributed by atoms with Gasteiger partial charge in [0, 0.05) is 0 Å². The lowest BCUT2D eigenvalue weighted by Gasteiger charge is -2.21. The van der Waals surface area contributed by atoms with E-state index in [4.69, 9.17) is 0 Å². The lowest BCUT2D eigenvalue weighted by atomic mass is 9.84. The molecule has 0 rings (SSSR count). The van der Waals surface area contributed by atoms with Gasteiger partial charge in [-0.25, -0.2) is 0 Å². The van der Waals surface area contributed by atoms with Crippen LogP contribution in [0.1, 0.15) is 118 Å². The number of hydrogen-bond donors (Lipinski definition) is 0. The third kappa shape index (κ3) is 13.4. The molecule has 2 unspecified atom stereocenters. The minimum absolute atomic E-state index is 0.881. The molecular weight excluding hydrogens is 252 g/mol. The van der Waals surface area contributed by atoms with E-state index in [1.165, 1.54) is 89.9 Å². The molecular formula is C21H43. The summed E-state index contributed by atoms with van der Waals surface area (Å²) in [6, 6.07) is 0. The van der Waals surface area contributed by atoms with Crippen molar-refractivity contribution >= 4 is 0 Å². The smallest absolute Gasteiger partial charge is 0.0324 e. The third-order valence-corrected chi connectivity index (χ3v) is 4.95. The van der Waals surface area contributed by atoms with Crippen molar-refractivity contribution in [1.29, 1.82) is 0 Å². The van der Waals surface area contributed by atoms with Gasteiger partial charge in [0.1, 0.15) is 0 Å². The molecule has 0 spiro atoms. The summed E-state index contributed by atoms with van der Waals surface area (Å²) >= 11 is 0. The van der Waals surface area contributed by atoms with Crippen molar-refractivity contribution in [3.05, 3.63) is 6.42 Å². The first kappa shape index (κ1) is 21.0. The van der Waals surface area contributed by atoms with E-state index in [9.17, 15) is 0 Å². The van der Waals surface area contributed by atoms with Crippen LogP contribution in [0.2, 0.25) is 0 Å². The van der Waals surface area contributed by atoms with E-state index in [1.54, 1.807) is 0 Å². The maximum atomic E-state index is 2.72. The van der Waals surface area contributed by atoms with E-state index >= 15 is 0 Å². The molecule has 0 aromatic heterocycles. The largest absolute Gasteiger partial charge is 0.0654 e. The van der Waals surface area contributed by atoms with Crippen molar-refractivity contribution in [2.75, 3.05) is 0 Å². The molecule has 0 aromatic rings. The average molecular weight is 296 g/mol. The monoisotopic (exact) mass is 295 g/mol. The molecule has 0 fully saturated rings. The molecule has 0 bridgehead atoms. The fourth-order valence-electron chi connectivity index (χ4n) is 3.28. The van der Waals surface area contributed by atoms with Crippen LogP contribution >= 0.6 is 0 Å². The van der Waals surface area contributed by atoms with Crippen LogP contribution in [0.25, 0.3) is 0 Å². The summed E-state index contributed by atoms with van der Waals surface area (Å²) in [4.78, 5) is 0. The second-order valence-electron chi connectivity index (χ2n) is 6.93. The first-order valence-electron chi connectivity index (χ1n) is 10.1. The van der Waals surface area contributed by atoms with E-state index in [1.807, 2.05) is 0 Å². The summed E-state index contributed by atoms with van der Waals surface area (Å²) < 4.78 is 0. The molecule has 0 amide bonds. The molecule has 0 aromatic carbocycles. The Hall–Kier alpha value is 0. The van der Waals surface area contributed by atoms with Crippen LogP contribution in [0.4, 0.5) is 0 Å². The molecule has 127 valence electrons. The minimum atomic E-state index is 0.881. The van der Waals surface area contributed by atoms with Crippen LogP contribution in [0.5, 0.6) is 0 Å². The Balaban J connectivity index is 3.71. The summed E-state index contributed by atoms with van der Waals surface area (Å²) in [5.74, 6) is 1.76. The van der Waals surface area contributed by atoms with Gasteiger partial charge in [-0.15, -0.1) is 0 Å². The Labute approximate surface area is 136 Å². The zero-order valence-corrected chi connectivity index (χ0v) is 15.6. The molecule has 0 heterocycles. The first-order chi connectivity index (χ1) is 10.3. The maximum Gasteiger partial charge on any atom is -0.0324 e. The van der Waals surface area contributed by atoms with Crippen LogP contribution in [-0.4, -0.2) is 0 Å². The van der Waals surface area contributed by atoms with E-state index < -0.39 is 0 Å². The summed E-state index contributed by atoms with van der Waals surface area (Å²) in [5, 5.41) is 0. The van der Waals surface area contributed by atoms with Gasteiger partial charge in [0.2, 0.25) is 0 Å². The summed E-state index contributed by atoms with van der Waals surface area (Å²) in [6.45, 7) is 9.35. The van der Waals surface area contributed by atoms with Gasteiger partial charge >= 0.3 is 0 Å². The second kappa shape index (κ2) is 16.4. The molecule has 0 saturated heterocycles. The van der Waals surface area contributed by atoms with E-state index in [0.29, 0.717) is 0 Å². The van der Waals surface area contributed by atoms with E-state index in [-0.39, 0.29) is 0 Å². The van der Waals surface area contributed by atoms with Crippen molar-refractivity contribution in [3.63, 3.8) is 0 Å². The maximum absolute atomic E-state index is 2.72. The SMILES string of the molecule is CCCCCCCCC([CH]C(CC)CCCCCC)CC. The predicted molar refractivity (Wildman–Crippen MR) is 98.6 cm³/mol. The molecule has 0 heteroatoms. The summed E-state index contributed by atoms with van der Waals surface area (Å²) in [7, 11) is 0. The van der Waals surface area contributed by atoms with Crippen molar-refractivity contribution < 1.29 is 0 Å². The third-order valence-electron chi connectivity index (χ3n) is 4.95. The van der Waals surface area contributed by atoms with Crippen LogP contribution in [0.15, 0.2) is 0 Å². The Kier molecular flexibility index (Phi) is 16.4. The molecule has 1 radical (unpaired) electrons. The van der Waals surface area contributed by atoms with Gasteiger partial charge < -0.3 is 0 Å². The van der Waals surface area contributed by atoms with Gasteiger partial charge in [-0.05, 0) is 18.3 Å². The van der Waals surface area contributed by atoms with Crippen LogP contribution in [0, 0.1) is 18.3 Å². The lowest BCUT2D eigenvalue weighted by Crippen LogP contribution is -2.09. The highest BCUT2D eigenvalue weighted by Crippen LogP contribution is 2.26. The van der Waals surface area contributed by atoms with Gasteiger partial charge in [0.25, 0.3) is 0 Å². The van der Waals surface area contributed by atoms with Gasteiger partial charge in [-0.1, -0.05) is 118 Å². The Morgan fingerprint density at radius 3 is 1.33 bits per heavy atom. The Morgan fingerprint density at radius 1 is 0.524 bits per heavy atom. The highest BCUT2D eigenvalue weighted by molar-refractivity contribution is 4.82. The Bertz CT molecular complexity index is 184.